The van der Waals surface area contributed by atoms with Crippen molar-refractivity contribution in [1.29, 1.82) is 0 Å². The molecule has 3 aliphatic rings. The van der Waals surface area contributed by atoms with Crippen LogP contribution in [0.2, 0.25) is 0 Å². The molecule has 1 aromatic heterocycles. The van der Waals surface area contributed by atoms with Crippen molar-refractivity contribution in [2.45, 2.75) is 108 Å². The zero-order valence-electron chi connectivity index (χ0n) is 36.8. The third-order valence-electron chi connectivity index (χ3n) is 12.7. The highest BCUT2D eigenvalue weighted by Gasteiger charge is 2.44. The molecule has 4 heterocycles. The SMILES string of the molecule is C[C@H]1CN(C(=O)CCCCC#Cc2ccc3c(c2)n(C)c(=O)n3C2CCC(=O)NC2=O)CC[C@H]2CC[C@@H](C(=O)N[C@@H](CCC(N)=O)C(=O)NC(c3ccccc3)c3ccccc3)N2C1=O. The molecule has 3 fully saturated rings. The van der Waals surface area contributed by atoms with Gasteiger partial charge in [-0.2, -0.15) is 0 Å². The Morgan fingerprint density at radius 1 is 0.846 bits per heavy atom. The number of hydrogen-bond donors (Lipinski definition) is 4. The molecule has 16 heteroatoms. The van der Waals surface area contributed by atoms with Crippen molar-refractivity contribution in [1.82, 2.24) is 34.9 Å². The summed E-state index contributed by atoms with van der Waals surface area (Å²) in [7, 11) is 1.63. The number of unbranched alkanes of at least 4 members (excludes halogenated alkanes) is 2. The molecule has 340 valence electrons. The van der Waals surface area contributed by atoms with Gasteiger partial charge in [0.15, 0.2) is 0 Å². The van der Waals surface area contributed by atoms with Gasteiger partial charge in [-0.25, -0.2) is 4.79 Å². The number of hydrogen-bond acceptors (Lipinski definition) is 8. The van der Waals surface area contributed by atoms with Crippen molar-refractivity contribution in [2.75, 3.05) is 13.1 Å². The maximum absolute atomic E-state index is 14.0. The molecule has 3 aliphatic heterocycles. The molecular weight excluding hydrogens is 829 g/mol. The highest BCUT2D eigenvalue weighted by Crippen LogP contribution is 2.31. The fourth-order valence-electron chi connectivity index (χ4n) is 9.24. The van der Waals surface area contributed by atoms with Crippen LogP contribution in [0.4, 0.5) is 0 Å². The quantitative estimate of drug-likeness (QED) is 0.0837. The zero-order valence-corrected chi connectivity index (χ0v) is 36.8. The first-order valence-corrected chi connectivity index (χ1v) is 22.4. The Bertz CT molecular complexity index is 2540. The van der Waals surface area contributed by atoms with Gasteiger partial charge in [-0.3, -0.25) is 48.0 Å². The molecule has 7 amide bonds. The van der Waals surface area contributed by atoms with Crippen molar-refractivity contribution >= 4 is 52.4 Å². The number of nitrogens with one attached hydrogen (secondary N) is 3. The number of imidazole rings is 1. The maximum atomic E-state index is 14.0. The molecule has 1 unspecified atom stereocenters. The van der Waals surface area contributed by atoms with E-state index in [1.165, 1.54) is 9.13 Å². The van der Waals surface area contributed by atoms with Gasteiger partial charge in [-0.15, -0.1) is 0 Å². The number of rotatable bonds is 14. The fourth-order valence-corrected chi connectivity index (χ4v) is 9.24. The third-order valence-corrected chi connectivity index (χ3v) is 12.7. The lowest BCUT2D eigenvalue weighted by Gasteiger charge is -2.38. The first-order chi connectivity index (χ1) is 31.3. The smallest absolute Gasteiger partial charge is 0.329 e. The van der Waals surface area contributed by atoms with E-state index in [9.17, 15) is 38.4 Å². The van der Waals surface area contributed by atoms with Crippen LogP contribution in [0, 0.1) is 17.8 Å². The molecule has 16 nitrogen and oxygen atoms in total. The summed E-state index contributed by atoms with van der Waals surface area (Å²) in [6, 6.07) is 20.8. The number of nitrogens with two attached hydrogens (primary N) is 1. The molecule has 0 saturated carbocycles. The number of carbonyl (C=O) groups is 7. The van der Waals surface area contributed by atoms with E-state index in [1.807, 2.05) is 60.7 Å². The van der Waals surface area contributed by atoms with E-state index in [0.717, 1.165) is 11.1 Å². The highest BCUT2D eigenvalue weighted by atomic mass is 16.2. The van der Waals surface area contributed by atoms with Crippen molar-refractivity contribution in [3.63, 3.8) is 0 Å². The lowest BCUT2D eigenvalue weighted by Crippen LogP contribution is -2.57. The largest absolute Gasteiger partial charge is 0.370 e. The van der Waals surface area contributed by atoms with Gasteiger partial charge in [0, 0.05) is 57.4 Å². The monoisotopic (exact) mass is 884 g/mol. The van der Waals surface area contributed by atoms with Crippen molar-refractivity contribution in [3.8, 4) is 11.8 Å². The van der Waals surface area contributed by atoms with E-state index >= 15 is 0 Å². The van der Waals surface area contributed by atoms with Gasteiger partial charge in [0.1, 0.15) is 18.1 Å². The van der Waals surface area contributed by atoms with E-state index in [0.29, 0.717) is 68.1 Å². The van der Waals surface area contributed by atoms with Crippen LogP contribution in [0.25, 0.3) is 11.0 Å². The van der Waals surface area contributed by atoms with Gasteiger partial charge in [-0.05, 0) is 74.3 Å². The maximum Gasteiger partial charge on any atom is 0.329 e. The van der Waals surface area contributed by atoms with Crippen molar-refractivity contribution < 1.29 is 33.6 Å². The summed E-state index contributed by atoms with van der Waals surface area (Å²) in [4.78, 5) is 108. The summed E-state index contributed by atoms with van der Waals surface area (Å²) in [5, 5.41) is 8.25. The molecule has 0 radical (unpaired) electrons. The Morgan fingerprint density at radius 3 is 2.23 bits per heavy atom. The van der Waals surface area contributed by atoms with Gasteiger partial charge >= 0.3 is 5.69 Å². The van der Waals surface area contributed by atoms with E-state index in [-0.39, 0.29) is 61.7 Å². The van der Waals surface area contributed by atoms with Crippen LogP contribution in [0.1, 0.15) is 106 Å². The number of primary amides is 1. The minimum atomic E-state index is -1.08. The summed E-state index contributed by atoms with van der Waals surface area (Å²) in [6.07, 6.45) is 3.86. The second kappa shape index (κ2) is 20.7. The molecule has 0 bridgehead atoms. The summed E-state index contributed by atoms with van der Waals surface area (Å²) >= 11 is 0. The summed E-state index contributed by atoms with van der Waals surface area (Å²) in [6.45, 7) is 2.42. The van der Waals surface area contributed by atoms with Crippen LogP contribution in [-0.4, -0.2) is 91.5 Å². The van der Waals surface area contributed by atoms with Crippen LogP contribution < -0.4 is 27.4 Å². The molecule has 65 heavy (non-hydrogen) atoms. The first-order valence-electron chi connectivity index (χ1n) is 22.4. The standard InChI is InChI=1S/C49H56N8O8/c1-31-30-55(43(60)18-12-4-3-7-13-32-19-22-37-40(29-32)54(2)49(65)57(37)39-24-26-42(59)52-47(39)63)28-27-35-20-23-38(56(35)48(31)64)46(62)51-36(21-25-41(50)58)45(61)53-44(33-14-8-5-9-15-33)34-16-10-6-11-17-34/h5-6,8-11,14-17,19,22,29,31,35-36,38-39,44H,3-4,12,18,20-21,23-28,30H2,1-2H3,(H2,50,58)(H,51,62)(H,53,61)(H,52,59,63)/t31-,35+,36-,38-,39?/m0/s1. The Morgan fingerprint density at radius 2 is 1.55 bits per heavy atom. The fraction of sp³-hybridized carbons (Fsp3) is 0.429. The van der Waals surface area contributed by atoms with E-state index in [4.69, 9.17) is 5.73 Å². The second-order valence-corrected chi connectivity index (χ2v) is 17.2. The summed E-state index contributed by atoms with van der Waals surface area (Å²) in [5.41, 5.74) is 8.73. The molecule has 4 aromatic rings. The van der Waals surface area contributed by atoms with E-state index in [1.54, 1.807) is 42.0 Å². The summed E-state index contributed by atoms with van der Waals surface area (Å²) in [5.74, 6) is 3.07. The van der Waals surface area contributed by atoms with Crippen LogP contribution in [0.5, 0.6) is 0 Å². The minimum absolute atomic E-state index is 0.0163. The number of benzene rings is 3. The Balaban J connectivity index is 0.918. The number of imide groups is 1. The average molecular weight is 885 g/mol. The second-order valence-electron chi connectivity index (χ2n) is 17.2. The van der Waals surface area contributed by atoms with Gasteiger partial charge < -0.3 is 26.2 Å². The topological polar surface area (TPSA) is 215 Å². The predicted molar refractivity (Wildman–Crippen MR) is 241 cm³/mol. The zero-order chi connectivity index (χ0) is 46.2. The van der Waals surface area contributed by atoms with Gasteiger partial charge in [0.05, 0.1) is 23.0 Å². The molecule has 0 spiro atoms. The number of carbonyl (C=O) groups excluding carboxylic acids is 7. The Kier molecular flexibility index (Phi) is 14.6. The average Bonchev–Trinajstić information content (AvgIpc) is 3.83. The molecule has 5 N–H and O–H groups in total. The lowest BCUT2D eigenvalue weighted by atomic mass is 9.98. The van der Waals surface area contributed by atoms with Crippen LogP contribution in [-0.2, 0) is 40.6 Å². The summed E-state index contributed by atoms with van der Waals surface area (Å²) < 4.78 is 2.90. The number of amides is 7. The molecular formula is C49H56N8O8. The minimum Gasteiger partial charge on any atom is -0.370 e. The lowest BCUT2D eigenvalue weighted by molar-refractivity contribution is -0.147. The van der Waals surface area contributed by atoms with Crippen LogP contribution in [0.3, 0.4) is 0 Å². The number of aryl methyl sites for hydroxylation is 1. The first kappa shape index (κ1) is 46.0. The van der Waals surface area contributed by atoms with Gasteiger partial charge in [0.25, 0.3) is 0 Å². The van der Waals surface area contributed by atoms with Gasteiger partial charge in [0.2, 0.25) is 41.4 Å². The molecule has 0 aliphatic carbocycles. The Labute approximate surface area is 377 Å². The number of piperidine rings is 1. The molecule has 3 saturated heterocycles. The van der Waals surface area contributed by atoms with Crippen LogP contribution in [0.15, 0.2) is 83.7 Å². The van der Waals surface area contributed by atoms with E-state index < -0.39 is 53.7 Å². The Hall–Kier alpha value is -7.02. The molecule has 7 rings (SSSR count). The highest BCUT2D eigenvalue weighted by molar-refractivity contribution is 6.00. The van der Waals surface area contributed by atoms with Crippen molar-refractivity contribution in [3.05, 3.63) is 106 Å². The predicted octanol–water partition coefficient (Wildman–Crippen LogP) is 3.11. The number of nitrogens with zero attached hydrogens (tertiary/aromatic N) is 4. The van der Waals surface area contributed by atoms with Crippen LogP contribution >= 0.6 is 0 Å². The molecule has 5 atom stereocenters. The van der Waals surface area contributed by atoms with Crippen molar-refractivity contribution in [2.24, 2.45) is 18.7 Å². The number of fused-ring (bicyclic) bond motifs is 2. The third kappa shape index (κ3) is 10.7. The van der Waals surface area contributed by atoms with Gasteiger partial charge in [-0.1, -0.05) is 79.4 Å². The normalized spacial score (nSPS) is 20.3. The number of aromatic nitrogens is 2. The molecule has 3 aromatic carbocycles. The van der Waals surface area contributed by atoms with E-state index in [2.05, 4.69) is 27.8 Å².